The maximum atomic E-state index is 5.46. The highest BCUT2D eigenvalue weighted by molar-refractivity contribution is 9.10. The van der Waals surface area contributed by atoms with Crippen LogP contribution in [0.15, 0.2) is 22.7 Å². The normalized spacial score (nSPS) is 20.6. The van der Waals surface area contributed by atoms with Crippen LogP contribution in [0.5, 0.6) is 5.75 Å². The lowest BCUT2D eigenvalue weighted by atomic mass is 10.0. The van der Waals surface area contributed by atoms with Gasteiger partial charge in [0.15, 0.2) is 0 Å². The third kappa shape index (κ3) is 3.07. The van der Waals surface area contributed by atoms with Crippen LogP contribution in [0.4, 0.5) is 0 Å². The van der Waals surface area contributed by atoms with Crippen LogP contribution >= 0.6 is 15.9 Å². The first kappa shape index (κ1) is 13.9. The Labute approximate surface area is 118 Å². The molecule has 0 amide bonds. The van der Waals surface area contributed by atoms with E-state index in [2.05, 4.69) is 40.7 Å². The molecule has 0 aliphatic carbocycles. The number of methoxy groups -OCH3 is 1. The Morgan fingerprint density at radius 1 is 1.44 bits per heavy atom. The Morgan fingerprint density at radius 3 is 2.89 bits per heavy atom. The first-order valence-electron chi connectivity index (χ1n) is 6.68. The molecule has 0 aromatic heterocycles. The van der Waals surface area contributed by atoms with Crippen LogP contribution in [-0.2, 0) is 6.54 Å². The van der Waals surface area contributed by atoms with Gasteiger partial charge in [0.2, 0.25) is 0 Å². The molecule has 100 valence electrons. The van der Waals surface area contributed by atoms with E-state index in [0.29, 0.717) is 6.04 Å². The lowest BCUT2D eigenvalue weighted by molar-refractivity contribution is 0.196. The van der Waals surface area contributed by atoms with Crippen LogP contribution in [0.25, 0.3) is 0 Å². The van der Waals surface area contributed by atoms with Crippen LogP contribution in [0, 0.1) is 5.92 Å². The fourth-order valence-electron chi connectivity index (χ4n) is 2.89. The van der Waals surface area contributed by atoms with E-state index >= 15 is 0 Å². The molecule has 0 N–H and O–H groups in total. The zero-order chi connectivity index (χ0) is 13.1. The van der Waals surface area contributed by atoms with Crippen molar-refractivity contribution in [3.63, 3.8) is 0 Å². The molecule has 0 radical (unpaired) electrons. The second-order valence-corrected chi connectivity index (χ2v) is 6.30. The summed E-state index contributed by atoms with van der Waals surface area (Å²) in [5, 5.41) is 0. The van der Waals surface area contributed by atoms with Crippen molar-refractivity contribution in [2.24, 2.45) is 5.92 Å². The SMILES string of the molecule is COc1ccc(Br)cc1CN1CCCC1C(C)C. The minimum absolute atomic E-state index is 0.716. The smallest absolute Gasteiger partial charge is 0.123 e. The lowest BCUT2D eigenvalue weighted by Gasteiger charge is -2.28. The van der Waals surface area contributed by atoms with Crippen LogP contribution in [0.1, 0.15) is 32.3 Å². The molecule has 2 nitrogen and oxygen atoms in total. The van der Waals surface area contributed by atoms with Gasteiger partial charge in [0.05, 0.1) is 7.11 Å². The van der Waals surface area contributed by atoms with E-state index in [1.165, 1.54) is 24.9 Å². The lowest BCUT2D eigenvalue weighted by Crippen LogP contribution is -2.32. The zero-order valence-corrected chi connectivity index (χ0v) is 13.0. The predicted molar refractivity (Wildman–Crippen MR) is 79.0 cm³/mol. The van der Waals surface area contributed by atoms with Crippen molar-refractivity contribution >= 4 is 15.9 Å². The fraction of sp³-hybridized carbons (Fsp3) is 0.600. The van der Waals surface area contributed by atoms with E-state index in [1.54, 1.807) is 7.11 Å². The van der Waals surface area contributed by atoms with Crippen molar-refractivity contribution in [2.75, 3.05) is 13.7 Å². The number of halogens is 1. The van der Waals surface area contributed by atoms with Gasteiger partial charge < -0.3 is 4.74 Å². The largest absolute Gasteiger partial charge is 0.496 e. The van der Waals surface area contributed by atoms with E-state index in [9.17, 15) is 0 Å². The minimum Gasteiger partial charge on any atom is -0.496 e. The van der Waals surface area contributed by atoms with E-state index < -0.39 is 0 Å². The maximum absolute atomic E-state index is 5.46. The van der Waals surface area contributed by atoms with E-state index in [1.807, 2.05) is 12.1 Å². The van der Waals surface area contributed by atoms with Crippen LogP contribution < -0.4 is 4.74 Å². The maximum Gasteiger partial charge on any atom is 0.123 e. The van der Waals surface area contributed by atoms with Crippen molar-refractivity contribution in [2.45, 2.75) is 39.3 Å². The number of hydrogen-bond donors (Lipinski definition) is 0. The molecule has 1 saturated heterocycles. The Bertz CT molecular complexity index is 405. The highest BCUT2D eigenvalue weighted by Crippen LogP contribution is 2.29. The van der Waals surface area contributed by atoms with Gasteiger partial charge in [-0.3, -0.25) is 4.90 Å². The molecule has 3 heteroatoms. The molecule has 1 heterocycles. The minimum atomic E-state index is 0.716. The van der Waals surface area contributed by atoms with Gasteiger partial charge in [-0.25, -0.2) is 0 Å². The van der Waals surface area contributed by atoms with Crippen LogP contribution in [0.3, 0.4) is 0 Å². The molecule has 2 rings (SSSR count). The molecule has 0 bridgehead atoms. The van der Waals surface area contributed by atoms with E-state index in [4.69, 9.17) is 4.74 Å². The first-order valence-corrected chi connectivity index (χ1v) is 7.47. The van der Waals surface area contributed by atoms with Gasteiger partial charge in [-0.1, -0.05) is 29.8 Å². The molecule has 1 aromatic carbocycles. The Morgan fingerprint density at radius 2 is 2.22 bits per heavy atom. The average Bonchev–Trinajstić information content (AvgIpc) is 2.77. The van der Waals surface area contributed by atoms with E-state index in [-0.39, 0.29) is 0 Å². The second-order valence-electron chi connectivity index (χ2n) is 5.38. The topological polar surface area (TPSA) is 12.5 Å². The molecular formula is C15H22BrNO. The number of rotatable bonds is 4. The van der Waals surface area contributed by atoms with Gasteiger partial charge in [-0.2, -0.15) is 0 Å². The highest BCUT2D eigenvalue weighted by atomic mass is 79.9. The average molecular weight is 312 g/mol. The van der Waals surface area contributed by atoms with Gasteiger partial charge >= 0.3 is 0 Å². The second kappa shape index (κ2) is 6.07. The Kier molecular flexibility index (Phi) is 4.68. The fourth-order valence-corrected chi connectivity index (χ4v) is 3.30. The molecular weight excluding hydrogens is 290 g/mol. The van der Waals surface area contributed by atoms with Crippen LogP contribution in [0.2, 0.25) is 0 Å². The predicted octanol–water partition coefficient (Wildman–Crippen LogP) is 4.08. The Balaban J connectivity index is 2.15. The summed E-state index contributed by atoms with van der Waals surface area (Å²) in [5.74, 6) is 1.72. The monoisotopic (exact) mass is 311 g/mol. The summed E-state index contributed by atoms with van der Waals surface area (Å²) in [6, 6.07) is 6.97. The standard InChI is InChI=1S/C15H22BrNO/c1-11(2)14-5-4-8-17(14)10-12-9-13(16)6-7-15(12)18-3/h6-7,9,11,14H,4-5,8,10H2,1-3H3. The number of hydrogen-bond acceptors (Lipinski definition) is 2. The van der Waals surface area contributed by atoms with Gasteiger partial charge in [0.25, 0.3) is 0 Å². The summed E-state index contributed by atoms with van der Waals surface area (Å²) in [7, 11) is 1.75. The Hall–Kier alpha value is -0.540. The third-order valence-corrected chi connectivity index (χ3v) is 4.29. The molecule has 1 aromatic rings. The van der Waals surface area contributed by atoms with E-state index in [0.717, 1.165) is 22.7 Å². The summed E-state index contributed by atoms with van der Waals surface area (Å²) in [6.07, 6.45) is 2.65. The summed E-state index contributed by atoms with van der Waals surface area (Å²) in [6.45, 7) is 6.84. The summed E-state index contributed by atoms with van der Waals surface area (Å²) in [5.41, 5.74) is 1.28. The number of likely N-dealkylation sites (tertiary alicyclic amines) is 1. The number of ether oxygens (including phenoxy) is 1. The molecule has 1 aliphatic heterocycles. The quantitative estimate of drug-likeness (QED) is 0.831. The van der Waals surface area contributed by atoms with Gasteiger partial charge in [-0.05, 0) is 43.5 Å². The summed E-state index contributed by atoms with van der Waals surface area (Å²) < 4.78 is 6.58. The first-order chi connectivity index (χ1) is 8.61. The van der Waals surface area contributed by atoms with Crippen molar-refractivity contribution in [3.8, 4) is 5.75 Å². The summed E-state index contributed by atoms with van der Waals surface area (Å²) >= 11 is 3.54. The molecule has 0 saturated carbocycles. The molecule has 1 fully saturated rings. The molecule has 1 aliphatic rings. The van der Waals surface area contributed by atoms with Crippen molar-refractivity contribution < 1.29 is 4.74 Å². The van der Waals surface area contributed by atoms with Crippen molar-refractivity contribution in [1.82, 2.24) is 4.90 Å². The highest BCUT2D eigenvalue weighted by Gasteiger charge is 2.27. The number of nitrogens with zero attached hydrogens (tertiary/aromatic N) is 1. The number of benzene rings is 1. The van der Waals surface area contributed by atoms with Crippen LogP contribution in [-0.4, -0.2) is 24.6 Å². The molecule has 18 heavy (non-hydrogen) atoms. The van der Waals surface area contributed by atoms with Gasteiger partial charge in [-0.15, -0.1) is 0 Å². The van der Waals surface area contributed by atoms with Gasteiger partial charge in [0.1, 0.15) is 5.75 Å². The molecule has 0 spiro atoms. The van der Waals surface area contributed by atoms with Crippen molar-refractivity contribution in [1.29, 1.82) is 0 Å². The molecule has 1 unspecified atom stereocenters. The van der Waals surface area contributed by atoms with Gasteiger partial charge in [0, 0.05) is 22.6 Å². The van der Waals surface area contributed by atoms with Crippen molar-refractivity contribution in [3.05, 3.63) is 28.2 Å². The molecule has 1 atom stereocenters. The summed E-state index contributed by atoms with van der Waals surface area (Å²) in [4.78, 5) is 2.59. The zero-order valence-electron chi connectivity index (χ0n) is 11.4. The third-order valence-electron chi connectivity index (χ3n) is 3.80.